The number of ether oxygens (including phenoxy) is 1. The van der Waals surface area contributed by atoms with Crippen LogP contribution in [0.4, 0.5) is 0 Å². The summed E-state index contributed by atoms with van der Waals surface area (Å²) in [5, 5.41) is 8.51. The third kappa shape index (κ3) is 4.77. The van der Waals surface area contributed by atoms with Crippen molar-refractivity contribution >= 4 is 17.5 Å². The van der Waals surface area contributed by atoms with E-state index in [0.29, 0.717) is 17.5 Å². The summed E-state index contributed by atoms with van der Waals surface area (Å²) in [6.07, 6.45) is 0.543. The van der Waals surface area contributed by atoms with Crippen molar-refractivity contribution in [3.05, 3.63) is 70.1 Å². The normalized spacial score (nSPS) is 10.8. The summed E-state index contributed by atoms with van der Waals surface area (Å²) < 4.78 is 10.8. The molecule has 0 aliphatic heterocycles. The second kappa shape index (κ2) is 8.39. The van der Waals surface area contributed by atoms with Gasteiger partial charge in [-0.2, -0.15) is 0 Å². The number of ketones is 1. The predicted octanol–water partition coefficient (Wildman–Crippen LogP) is 4.57. The Morgan fingerprint density at radius 1 is 1.04 bits per heavy atom. The number of aromatic nitrogens is 2. The van der Waals surface area contributed by atoms with Gasteiger partial charge in [0.2, 0.25) is 5.89 Å². The van der Waals surface area contributed by atoms with E-state index in [-0.39, 0.29) is 11.5 Å². The van der Waals surface area contributed by atoms with Crippen molar-refractivity contribution in [1.29, 1.82) is 0 Å². The summed E-state index contributed by atoms with van der Waals surface area (Å²) in [4.78, 5) is 12.5. The van der Waals surface area contributed by atoms with Gasteiger partial charge in [-0.25, -0.2) is 0 Å². The van der Waals surface area contributed by atoms with Crippen LogP contribution in [0.15, 0.2) is 46.0 Å². The number of hydrogen-bond donors (Lipinski definition) is 0. The van der Waals surface area contributed by atoms with E-state index in [1.54, 1.807) is 7.11 Å². The van der Waals surface area contributed by atoms with Crippen molar-refractivity contribution in [3.63, 3.8) is 0 Å². The van der Waals surface area contributed by atoms with E-state index in [1.165, 1.54) is 17.3 Å². The maximum Gasteiger partial charge on any atom is 0.277 e. The molecule has 0 unspecified atom stereocenters. The summed E-state index contributed by atoms with van der Waals surface area (Å²) >= 11 is 1.27. The van der Waals surface area contributed by atoms with Gasteiger partial charge in [0.05, 0.1) is 19.3 Å². The molecule has 0 aliphatic carbocycles. The van der Waals surface area contributed by atoms with E-state index < -0.39 is 0 Å². The zero-order valence-corrected chi connectivity index (χ0v) is 16.7. The molecule has 1 heterocycles. The van der Waals surface area contributed by atoms with Gasteiger partial charge in [-0.1, -0.05) is 30.0 Å². The number of nitrogens with zero attached hydrogens (tertiary/aromatic N) is 2. The molecule has 0 saturated heterocycles. The molecule has 0 radical (unpaired) electrons. The molecule has 0 amide bonds. The topological polar surface area (TPSA) is 65.2 Å². The highest BCUT2D eigenvalue weighted by atomic mass is 32.2. The predicted molar refractivity (Wildman–Crippen MR) is 106 cm³/mol. The van der Waals surface area contributed by atoms with E-state index >= 15 is 0 Å². The van der Waals surface area contributed by atoms with Crippen LogP contribution in [0.25, 0.3) is 0 Å². The van der Waals surface area contributed by atoms with Gasteiger partial charge < -0.3 is 9.15 Å². The molecule has 3 rings (SSSR count). The molecule has 140 valence electrons. The highest BCUT2D eigenvalue weighted by molar-refractivity contribution is 7.99. The molecule has 1 aromatic heterocycles. The van der Waals surface area contributed by atoms with E-state index in [0.717, 1.165) is 28.0 Å². The third-order valence-electron chi connectivity index (χ3n) is 4.43. The third-order valence-corrected chi connectivity index (χ3v) is 5.25. The van der Waals surface area contributed by atoms with Gasteiger partial charge in [-0.15, -0.1) is 10.2 Å². The summed E-state index contributed by atoms with van der Waals surface area (Å²) in [5.41, 5.74) is 5.11. The van der Waals surface area contributed by atoms with Crippen molar-refractivity contribution in [2.45, 2.75) is 32.4 Å². The minimum Gasteiger partial charge on any atom is -0.497 e. The molecule has 27 heavy (non-hydrogen) atoms. The van der Waals surface area contributed by atoms with Crippen LogP contribution in [-0.2, 0) is 6.42 Å². The maximum atomic E-state index is 12.5. The Kier molecular flexibility index (Phi) is 5.96. The number of carbonyl (C=O) groups excluding carboxylic acids is 1. The number of rotatable bonds is 7. The van der Waals surface area contributed by atoms with Crippen molar-refractivity contribution in [1.82, 2.24) is 10.2 Å². The van der Waals surface area contributed by atoms with Crippen molar-refractivity contribution in [3.8, 4) is 5.75 Å². The zero-order valence-electron chi connectivity index (χ0n) is 15.9. The Labute approximate surface area is 163 Å². The fourth-order valence-corrected chi connectivity index (χ4v) is 3.42. The highest BCUT2D eigenvalue weighted by Gasteiger charge is 2.14. The minimum atomic E-state index is 0.0653. The average molecular weight is 382 g/mol. The number of methoxy groups -OCH3 is 1. The van der Waals surface area contributed by atoms with Gasteiger partial charge in [0, 0.05) is 5.56 Å². The summed E-state index contributed by atoms with van der Waals surface area (Å²) in [5.74, 6) is 1.67. The van der Waals surface area contributed by atoms with Crippen LogP contribution >= 0.6 is 11.8 Å². The van der Waals surface area contributed by atoms with Gasteiger partial charge in [-0.3, -0.25) is 4.79 Å². The van der Waals surface area contributed by atoms with Crippen LogP contribution in [-0.4, -0.2) is 28.8 Å². The molecule has 0 atom stereocenters. The molecule has 0 saturated carbocycles. The van der Waals surface area contributed by atoms with E-state index in [9.17, 15) is 4.79 Å². The Bertz CT molecular complexity index is 949. The number of benzene rings is 2. The summed E-state index contributed by atoms with van der Waals surface area (Å²) in [7, 11) is 1.64. The van der Waals surface area contributed by atoms with Gasteiger partial charge in [0.25, 0.3) is 5.22 Å². The van der Waals surface area contributed by atoms with Crippen molar-refractivity contribution < 1.29 is 13.9 Å². The van der Waals surface area contributed by atoms with Crippen molar-refractivity contribution in [2.75, 3.05) is 12.9 Å². The van der Waals surface area contributed by atoms with Crippen molar-refractivity contribution in [2.24, 2.45) is 0 Å². The number of aryl methyl sites for hydroxylation is 3. The fraction of sp³-hybridized carbons (Fsp3) is 0.286. The number of hydrogen-bond acceptors (Lipinski definition) is 6. The quantitative estimate of drug-likeness (QED) is 0.440. The number of thioether (sulfide) groups is 1. The number of carbonyl (C=O) groups is 1. The van der Waals surface area contributed by atoms with E-state index in [4.69, 9.17) is 9.15 Å². The molecule has 0 N–H and O–H groups in total. The SMILES string of the molecule is COc1ccc(Cc2nnc(SCC(=O)c3cc(C)c(C)cc3C)o2)cc1. The smallest absolute Gasteiger partial charge is 0.277 e. The minimum absolute atomic E-state index is 0.0653. The molecule has 0 aliphatic rings. The molecular weight excluding hydrogens is 360 g/mol. The van der Waals surface area contributed by atoms with Crippen LogP contribution in [0.1, 0.15) is 38.5 Å². The van der Waals surface area contributed by atoms with Gasteiger partial charge >= 0.3 is 0 Å². The van der Waals surface area contributed by atoms with Gasteiger partial charge in [-0.05, 0) is 61.2 Å². The van der Waals surface area contributed by atoms with Gasteiger partial charge in [0.1, 0.15) is 5.75 Å². The standard InChI is InChI=1S/C21H22N2O3S/c1-13-9-15(3)18(10-14(13)2)19(24)12-27-21-23-22-20(26-21)11-16-5-7-17(25-4)8-6-16/h5-10H,11-12H2,1-4H3. The van der Waals surface area contributed by atoms with Crippen LogP contribution in [0.2, 0.25) is 0 Å². The second-order valence-electron chi connectivity index (χ2n) is 6.45. The first kappa shape index (κ1) is 19.2. The lowest BCUT2D eigenvalue weighted by molar-refractivity contribution is 0.102. The molecule has 3 aromatic rings. The van der Waals surface area contributed by atoms with E-state index in [1.807, 2.05) is 57.2 Å². The molecule has 0 fully saturated rings. The first-order valence-electron chi connectivity index (χ1n) is 8.65. The molecule has 6 heteroatoms. The lowest BCUT2D eigenvalue weighted by atomic mass is 9.99. The second-order valence-corrected chi connectivity index (χ2v) is 7.38. The van der Waals surface area contributed by atoms with Crippen LogP contribution in [0.3, 0.4) is 0 Å². The molecule has 0 spiro atoms. The lowest BCUT2D eigenvalue weighted by Gasteiger charge is -2.08. The van der Waals surface area contributed by atoms with Crippen LogP contribution < -0.4 is 4.74 Å². The Morgan fingerprint density at radius 3 is 2.44 bits per heavy atom. The lowest BCUT2D eigenvalue weighted by Crippen LogP contribution is -2.06. The Hall–Kier alpha value is -2.60. The van der Waals surface area contributed by atoms with Crippen LogP contribution in [0, 0.1) is 20.8 Å². The monoisotopic (exact) mass is 382 g/mol. The molecule has 2 aromatic carbocycles. The highest BCUT2D eigenvalue weighted by Crippen LogP contribution is 2.22. The first-order chi connectivity index (χ1) is 13.0. The van der Waals surface area contributed by atoms with Crippen LogP contribution in [0.5, 0.6) is 5.75 Å². The summed E-state index contributed by atoms with van der Waals surface area (Å²) in [6, 6.07) is 11.7. The molecular formula is C21H22N2O3S. The van der Waals surface area contributed by atoms with Gasteiger partial charge in [0.15, 0.2) is 5.78 Å². The maximum absolute atomic E-state index is 12.5. The average Bonchev–Trinajstić information content (AvgIpc) is 3.10. The largest absolute Gasteiger partial charge is 0.497 e. The Balaban J connectivity index is 1.60. The Morgan fingerprint density at radius 2 is 1.74 bits per heavy atom. The molecule has 5 nitrogen and oxygen atoms in total. The fourth-order valence-electron chi connectivity index (χ4n) is 2.75. The van der Waals surface area contributed by atoms with E-state index in [2.05, 4.69) is 10.2 Å². The molecule has 0 bridgehead atoms. The first-order valence-corrected chi connectivity index (χ1v) is 9.64. The number of Topliss-reactive ketones (excluding diaryl/α,β-unsaturated/α-hetero) is 1. The zero-order chi connectivity index (χ0) is 19.4. The summed E-state index contributed by atoms with van der Waals surface area (Å²) in [6.45, 7) is 6.03.